The number of benzene rings is 2. The van der Waals surface area contributed by atoms with Gasteiger partial charge in [-0.25, -0.2) is 0 Å². The third kappa shape index (κ3) is 2.96. The fourth-order valence-corrected chi connectivity index (χ4v) is 3.24. The van der Waals surface area contributed by atoms with Crippen LogP contribution in [0.2, 0.25) is 5.02 Å². The van der Waals surface area contributed by atoms with Crippen molar-refractivity contribution in [2.45, 2.75) is 13.0 Å². The Morgan fingerprint density at radius 1 is 1.23 bits per heavy atom. The molecule has 0 radical (unpaired) electrons. The number of carbonyl (C=O) groups excluding carboxylic acids is 1. The summed E-state index contributed by atoms with van der Waals surface area (Å²) >= 11 is 5.95. The number of aromatic nitrogens is 1. The third-order valence-corrected chi connectivity index (χ3v) is 4.72. The second-order valence-electron chi connectivity index (χ2n) is 6.11. The van der Waals surface area contributed by atoms with Gasteiger partial charge < -0.3 is 9.42 Å². The molecule has 0 aliphatic carbocycles. The van der Waals surface area contributed by atoms with Crippen molar-refractivity contribution in [3.8, 4) is 17.4 Å². The zero-order valence-electron chi connectivity index (χ0n) is 13.8. The molecule has 1 aliphatic rings. The number of fused-ring (bicyclic) bond motifs is 1. The van der Waals surface area contributed by atoms with Crippen molar-refractivity contribution in [3.05, 3.63) is 75.9 Å². The average molecular weight is 364 g/mol. The second-order valence-corrected chi connectivity index (χ2v) is 6.55. The van der Waals surface area contributed by atoms with Crippen LogP contribution in [-0.2, 0) is 13.0 Å². The Labute approximate surface area is 155 Å². The molecule has 0 spiro atoms. The van der Waals surface area contributed by atoms with Crippen LogP contribution in [-0.4, -0.2) is 22.5 Å². The lowest BCUT2D eigenvalue weighted by Crippen LogP contribution is -2.36. The summed E-state index contributed by atoms with van der Waals surface area (Å²) in [6.07, 6.45) is 0.635. The van der Waals surface area contributed by atoms with Crippen LogP contribution in [0.5, 0.6) is 0 Å². The Morgan fingerprint density at radius 3 is 2.81 bits per heavy atom. The lowest BCUT2D eigenvalue weighted by Gasteiger charge is -2.26. The average Bonchev–Trinajstić information content (AvgIpc) is 3.11. The van der Waals surface area contributed by atoms with Crippen molar-refractivity contribution >= 4 is 17.5 Å². The fraction of sp³-hybridized carbons (Fsp3) is 0.150. The van der Waals surface area contributed by atoms with Crippen LogP contribution in [0.15, 0.2) is 53.1 Å². The van der Waals surface area contributed by atoms with Gasteiger partial charge in [0.2, 0.25) is 0 Å². The summed E-state index contributed by atoms with van der Waals surface area (Å²) in [5.41, 5.74) is 3.66. The van der Waals surface area contributed by atoms with Crippen LogP contribution in [0, 0.1) is 11.3 Å². The topological polar surface area (TPSA) is 70.1 Å². The van der Waals surface area contributed by atoms with Crippen LogP contribution < -0.4 is 0 Å². The molecule has 1 aromatic heterocycles. The van der Waals surface area contributed by atoms with Gasteiger partial charge in [0.15, 0.2) is 5.76 Å². The van der Waals surface area contributed by atoms with E-state index >= 15 is 0 Å². The number of rotatable bonds is 2. The minimum Gasteiger partial charge on any atom is -0.356 e. The van der Waals surface area contributed by atoms with Crippen molar-refractivity contribution < 1.29 is 9.32 Å². The highest BCUT2D eigenvalue weighted by Gasteiger charge is 2.28. The molecule has 4 rings (SSSR count). The van der Waals surface area contributed by atoms with Gasteiger partial charge in [-0.2, -0.15) is 5.26 Å². The number of nitrogens with zero attached hydrogens (tertiary/aromatic N) is 3. The molecule has 0 unspecified atom stereocenters. The molecular weight excluding hydrogens is 350 g/mol. The summed E-state index contributed by atoms with van der Waals surface area (Å²) < 4.78 is 5.54. The third-order valence-electron chi connectivity index (χ3n) is 4.47. The quantitative estimate of drug-likeness (QED) is 0.688. The summed E-state index contributed by atoms with van der Waals surface area (Å²) in [6, 6.07) is 16.2. The van der Waals surface area contributed by atoms with Crippen LogP contribution in [0.25, 0.3) is 11.3 Å². The molecule has 0 fully saturated rings. The maximum atomic E-state index is 12.8. The fourth-order valence-electron chi connectivity index (χ4n) is 3.12. The van der Waals surface area contributed by atoms with Gasteiger partial charge in [-0.1, -0.05) is 22.8 Å². The van der Waals surface area contributed by atoms with Gasteiger partial charge in [0, 0.05) is 34.7 Å². The van der Waals surface area contributed by atoms with Crippen molar-refractivity contribution in [3.63, 3.8) is 0 Å². The molecule has 5 nitrogen and oxygen atoms in total. The molecular formula is C20H14ClN3O2. The highest BCUT2D eigenvalue weighted by molar-refractivity contribution is 6.30. The highest BCUT2D eigenvalue weighted by Crippen LogP contribution is 2.31. The van der Waals surface area contributed by atoms with Gasteiger partial charge in [0.1, 0.15) is 0 Å². The zero-order valence-corrected chi connectivity index (χ0v) is 14.5. The zero-order chi connectivity index (χ0) is 18.1. The SMILES string of the molecule is N#Cc1cccc(C(=O)N2CCc3noc(-c4ccc(Cl)cc4)c3C2)c1. The Hall–Kier alpha value is -3.10. The lowest BCUT2D eigenvalue weighted by atomic mass is 10.0. The monoisotopic (exact) mass is 363 g/mol. The molecule has 0 bridgehead atoms. The largest absolute Gasteiger partial charge is 0.356 e. The van der Waals surface area contributed by atoms with Gasteiger partial charge in [0.25, 0.3) is 5.91 Å². The van der Waals surface area contributed by atoms with E-state index in [4.69, 9.17) is 21.4 Å². The second kappa shape index (κ2) is 6.66. The van der Waals surface area contributed by atoms with Crippen LogP contribution in [0.4, 0.5) is 0 Å². The Balaban J connectivity index is 1.63. The van der Waals surface area contributed by atoms with Crippen molar-refractivity contribution in [2.75, 3.05) is 6.54 Å². The van der Waals surface area contributed by atoms with Crippen LogP contribution in [0.1, 0.15) is 27.2 Å². The number of amides is 1. The summed E-state index contributed by atoms with van der Waals surface area (Å²) in [5.74, 6) is 0.566. The van der Waals surface area contributed by atoms with E-state index in [2.05, 4.69) is 11.2 Å². The number of carbonyl (C=O) groups is 1. The van der Waals surface area contributed by atoms with Crippen molar-refractivity contribution in [2.24, 2.45) is 0 Å². The molecule has 3 aromatic rings. The lowest BCUT2D eigenvalue weighted by molar-refractivity contribution is 0.0734. The molecule has 1 aliphatic heterocycles. The number of hydrogen-bond acceptors (Lipinski definition) is 4. The van der Waals surface area contributed by atoms with Crippen LogP contribution in [0.3, 0.4) is 0 Å². The summed E-state index contributed by atoms with van der Waals surface area (Å²) in [4.78, 5) is 14.6. The Morgan fingerprint density at radius 2 is 2.04 bits per heavy atom. The minimum atomic E-state index is -0.101. The molecule has 26 heavy (non-hydrogen) atoms. The predicted molar refractivity (Wildman–Crippen MR) is 96.6 cm³/mol. The molecule has 0 atom stereocenters. The normalized spacial score (nSPS) is 13.2. The van der Waals surface area contributed by atoms with E-state index in [0.29, 0.717) is 41.4 Å². The summed E-state index contributed by atoms with van der Waals surface area (Å²) in [5, 5.41) is 13.8. The van der Waals surface area contributed by atoms with E-state index in [9.17, 15) is 4.79 Å². The minimum absolute atomic E-state index is 0.101. The predicted octanol–water partition coefficient (Wildman–Crippen LogP) is 4.07. The van der Waals surface area contributed by atoms with Gasteiger partial charge >= 0.3 is 0 Å². The molecule has 2 heterocycles. The molecule has 0 saturated heterocycles. The highest BCUT2D eigenvalue weighted by atomic mass is 35.5. The number of hydrogen-bond donors (Lipinski definition) is 0. The van der Waals surface area contributed by atoms with Gasteiger partial charge in [0.05, 0.1) is 23.9 Å². The van der Waals surface area contributed by atoms with Crippen molar-refractivity contribution in [1.82, 2.24) is 10.1 Å². The standard InChI is InChI=1S/C20H14ClN3O2/c21-16-6-4-14(5-7-16)19-17-12-24(9-8-18(17)23-26-19)20(25)15-3-1-2-13(10-15)11-22/h1-7,10H,8-9,12H2. The number of nitriles is 1. The summed E-state index contributed by atoms with van der Waals surface area (Å²) in [6.45, 7) is 0.988. The molecule has 0 saturated carbocycles. The number of halogens is 1. The maximum Gasteiger partial charge on any atom is 0.254 e. The molecule has 1 amide bonds. The van der Waals surface area contributed by atoms with E-state index in [1.165, 1.54) is 0 Å². The van der Waals surface area contributed by atoms with E-state index in [1.54, 1.807) is 41.3 Å². The first-order valence-electron chi connectivity index (χ1n) is 8.18. The molecule has 0 N–H and O–H groups in total. The summed E-state index contributed by atoms with van der Waals surface area (Å²) in [7, 11) is 0. The van der Waals surface area contributed by atoms with E-state index in [-0.39, 0.29) is 5.91 Å². The smallest absolute Gasteiger partial charge is 0.254 e. The van der Waals surface area contributed by atoms with Crippen molar-refractivity contribution in [1.29, 1.82) is 5.26 Å². The maximum absolute atomic E-state index is 12.8. The van der Waals surface area contributed by atoms with E-state index in [1.807, 2.05) is 12.1 Å². The van der Waals surface area contributed by atoms with E-state index in [0.717, 1.165) is 16.8 Å². The van der Waals surface area contributed by atoms with E-state index < -0.39 is 0 Å². The molecule has 128 valence electrons. The molecule has 2 aromatic carbocycles. The first-order valence-corrected chi connectivity index (χ1v) is 8.56. The first-order chi connectivity index (χ1) is 12.7. The molecule has 6 heteroatoms. The first kappa shape index (κ1) is 16.4. The van der Waals surface area contributed by atoms with Gasteiger partial charge in [-0.3, -0.25) is 4.79 Å². The Kier molecular flexibility index (Phi) is 4.19. The Bertz CT molecular complexity index is 1020. The van der Waals surface area contributed by atoms with Gasteiger partial charge in [-0.15, -0.1) is 0 Å². The van der Waals surface area contributed by atoms with Gasteiger partial charge in [-0.05, 0) is 42.5 Å². The van der Waals surface area contributed by atoms with Crippen LogP contribution >= 0.6 is 11.6 Å².